The van der Waals surface area contributed by atoms with Crippen molar-refractivity contribution in [3.8, 4) is 5.75 Å². The van der Waals surface area contributed by atoms with Crippen LogP contribution < -0.4 is 20.3 Å². The van der Waals surface area contributed by atoms with E-state index in [1.54, 1.807) is 30.5 Å². The smallest absolute Gasteiger partial charge is 0.335 e. The highest BCUT2D eigenvalue weighted by Gasteiger charge is 2.48. The van der Waals surface area contributed by atoms with Crippen molar-refractivity contribution in [1.29, 1.82) is 0 Å². The average molecular weight is 636 g/mol. The fraction of sp³-hybridized carbons (Fsp3) is 0.375. The Labute approximate surface area is 265 Å². The van der Waals surface area contributed by atoms with E-state index in [9.17, 15) is 34.8 Å². The summed E-state index contributed by atoms with van der Waals surface area (Å²) in [4.78, 5) is 47.3. The molecule has 3 heterocycles. The maximum atomic E-state index is 13.6. The van der Waals surface area contributed by atoms with E-state index in [0.29, 0.717) is 0 Å². The number of ether oxygens (including phenoxy) is 2. The summed E-state index contributed by atoms with van der Waals surface area (Å²) in [6.45, 7) is 5.51. The minimum atomic E-state index is -1.93. The molecule has 1 aromatic heterocycles. The minimum absolute atomic E-state index is 0.0424. The first-order valence-electron chi connectivity index (χ1n) is 14.8. The molecule has 0 radical (unpaired) electrons. The lowest BCUT2D eigenvalue weighted by atomic mass is 9.99. The lowest BCUT2D eigenvalue weighted by Crippen LogP contribution is -2.61. The molecule has 2 aromatic carbocycles. The van der Waals surface area contributed by atoms with Crippen LogP contribution in [0.15, 0.2) is 60.8 Å². The number of carboxylic acids is 1. The maximum Gasteiger partial charge on any atom is 0.335 e. The molecule has 2 fully saturated rings. The number of amides is 2. The van der Waals surface area contributed by atoms with Gasteiger partial charge in [-0.2, -0.15) is 0 Å². The number of carbonyl (C=O) groups is 3. The monoisotopic (exact) mass is 635 g/mol. The number of benzene rings is 2. The Balaban J connectivity index is 1.43. The van der Waals surface area contributed by atoms with Crippen molar-refractivity contribution in [2.24, 2.45) is 0 Å². The van der Waals surface area contributed by atoms with E-state index >= 15 is 0 Å². The molecule has 2 aliphatic rings. The number of aliphatic carboxylic acids is 1. The maximum absolute atomic E-state index is 13.6. The molecule has 2 aliphatic heterocycles. The lowest BCUT2D eigenvalue weighted by Gasteiger charge is -2.38. The summed E-state index contributed by atoms with van der Waals surface area (Å²) in [7, 11) is 2.08. The van der Waals surface area contributed by atoms with Gasteiger partial charge in [-0.1, -0.05) is 12.1 Å². The molecule has 6 N–H and O–H groups in total. The second-order valence-electron chi connectivity index (χ2n) is 11.4. The van der Waals surface area contributed by atoms with Crippen molar-refractivity contribution in [3.63, 3.8) is 0 Å². The van der Waals surface area contributed by atoms with Gasteiger partial charge < -0.3 is 50.3 Å². The number of aromatic nitrogens is 1. The highest BCUT2D eigenvalue weighted by Crippen LogP contribution is 2.33. The van der Waals surface area contributed by atoms with Crippen LogP contribution in [0.1, 0.15) is 32.7 Å². The highest BCUT2D eigenvalue weighted by molar-refractivity contribution is 6.13. The van der Waals surface area contributed by atoms with Gasteiger partial charge in [0.1, 0.15) is 29.9 Å². The predicted molar refractivity (Wildman–Crippen MR) is 167 cm³/mol. The number of nitrogens with one attached hydrogen (secondary N) is 2. The molecule has 0 aliphatic carbocycles. The topological polar surface area (TPSA) is 194 Å². The number of aliphatic hydroxyl groups is 3. The zero-order valence-corrected chi connectivity index (χ0v) is 25.4. The Morgan fingerprint density at radius 2 is 1.65 bits per heavy atom. The van der Waals surface area contributed by atoms with Gasteiger partial charge >= 0.3 is 5.97 Å². The van der Waals surface area contributed by atoms with E-state index in [1.807, 2.05) is 19.1 Å². The third-order valence-corrected chi connectivity index (χ3v) is 7.93. The number of nitrogens with zero attached hydrogens (tertiary/aromatic N) is 3. The number of pyridine rings is 1. The van der Waals surface area contributed by atoms with Crippen molar-refractivity contribution in [2.75, 3.05) is 48.8 Å². The van der Waals surface area contributed by atoms with Gasteiger partial charge in [0, 0.05) is 37.1 Å². The fourth-order valence-electron chi connectivity index (χ4n) is 5.26. The molecule has 0 spiro atoms. The van der Waals surface area contributed by atoms with Crippen LogP contribution in [0.5, 0.6) is 5.75 Å². The van der Waals surface area contributed by atoms with E-state index in [4.69, 9.17) is 9.47 Å². The van der Waals surface area contributed by atoms with Crippen LogP contribution in [-0.2, 0) is 9.53 Å². The van der Waals surface area contributed by atoms with Crippen LogP contribution in [-0.4, -0.2) is 112 Å². The molecular formula is C32H37N5O9. The zero-order chi connectivity index (χ0) is 33.0. The summed E-state index contributed by atoms with van der Waals surface area (Å²) in [5.74, 6) is -2.73. The van der Waals surface area contributed by atoms with E-state index < -0.39 is 48.5 Å². The number of carbonyl (C=O) groups excluding carboxylic acids is 2. The number of rotatable bonds is 8. The highest BCUT2D eigenvalue weighted by atomic mass is 16.7. The average Bonchev–Trinajstić information content (AvgIpc) is 3.27. The number of anilines is 3. The summed E-state index contributed by atoms with van der Waals surface area (Å²) >= 11 is 0. The Hall–Kier alpha value is -4.60. The number of carboxylic acid groups (broad SMARTS) is 1. The van der Waals surface area contributed by atoms with Gasteiger partial charge in [0.15, 0.2) is 6.10 Å². The van der Waals surface area contributed by atoms with Crippen LogP contribution in [0.25, 0.3) is 0 Å². The normalized spacial score (nSPS) is 23.7. The second-order valence-corrected chi connectivity index (χ2v) is 11.4. The van der Waals surface area contributed by atoms with Crippen LogP contribution in [0, 0.1) is 6.92 Å². The van der Waals surface area contributed by atoms with Gasteiger partial charge in [-0.05, 0) is 75.0 Å². The number of hydrogen-bond donors (Lipinski definition) is 6. The summed E-state index contributed by atoms with van der Waals surface area (Å²) in [5.41, 5.74) is 1.99. The Bertz CT molecular complexity index is 1550. The number of para-hydroxylation sites is 1. The molecule has 244 valence electrons. The molecule has 0 bridgehead atoms. The molecule has 14 heteroatoms. The summed E-state index contributed by atoms with van der Waals surface area (Å²) in [5, 5.41) is 45.7. The minimum Gasteiger partial charge on any atom is -0.479 e. The van der Waals surface area contributed by atoms with E-state index in [0.717, 1.165) is 43.9 Å². The second kappa shape index (κ2) is 14.2. The van der Waals surface area contributed by atoms with E-state index in [-0.39, 0.29) is 28.4 Å². The number of likely N-dealkylation sites (N-methyl/N-ethyl adjacent to an activating group) is 1. The van der Waals surface area contributed by atoms with Crippen LogP contribution >= 0.6 is 0 Å². The van der Waals surface area contributed by atoms with Gasteiger partial charge in [0.2, 0.25) is 6.29 Å². The molecule has 5 rings (SSSR count). The Morgan fingerprint density at radius 1 is 0.891 bits per heavy atom. The summed E-state index contributed by atoms with van der Waals surface area (Å²) in [6, 6.07) is 14.7. The number of aliphatic hydroxyl groups excluding tert-OH is 3. The molecule has 46 heavy (non-hydrogen) atoms. The molecule has 14 nitrogen and oxygen atoms in total. The number of aryl methyl sites for hydroxylation is 1. The summed E-state index contributed by atoms with van der Waals surface area (Å²) in [6.07, 6.45) is -6.81. The van der Waals surface area contributed by atoms with Crippen molar-refractivity contribution < 1.29 is 44.3 Å². The molecule has 2 amide bonds. The first-order valence-corrected chi connectivity index (χ1v) is 14.8. The van der Waals surface area contributed by atoms with Crippen molar-refractivity contribution in [2.45, 2.75) is 44.1 Å². The first-order chi connectivity index (χ1) is 22.0. The number of hydrogen-bond acceptors (Lipinski definition) is 11. The SMILES string of the molecule is Cc1ccc(NC(=O)c2cccc(O[C@@H]3O[C@H](C(=O)O)[C@@H](O)[C@H](O)[C@H]3O)c2NC(=O)c2ccc(N3CCCN(C)CC3)cc2)nc1. The lowest BCUT2D eigenvalue weighted by molar-refractivity contribution is -0.271. The predicted octanol–water partition coefficient (Wildman–Crippen LogP) is 1.31. The van der Waals surface area contributed by atoms with Gasteiger partial charge in [-0.25, -0.2) is 9.78 Å². The quantitative estimate of drug-likeness (QED) is 0.208. The van der Waals surface area contributed by atoms with Crippen LogP contribution in [0.3, 0.4) is 0 Å². The van der Waals surface area contributed by atoms with Crippen molar-refractivity contribution in [1.82, 2.24) is 9.88 Å². The van der Waals surface area contributed by atoms with Crippen LogP contribution in [0.4, 0.5) is 17.2 Å². The molecular weight excluding hydrogens is 598 g/mol. The Morgan fingerprint density at radius 3 is 2.35 bits per heavy atom. The largest absolute Gasteiger partial charge is 0.479 e. The molecule has 2 saturated heterocycles. The molecule has 3 aromatic rings. The standard InChI is InChI=1S/C32H37N5O9/c1-18-7-12-23(33-17-18)34-30(42)21-5-3-6-22(45-32-27(40)25(38)26(39)28(46-32)31(43)44)24(21)35-29(41)19-8-10-20(11-9-19)37-14-4-13-36(2)15-16-37/h3,5-12,17,25-28,32,38-40H,4,13-16H2,1-2H3,(H,35,41)(H,43,44)(H,33,34,42)/t25-,26-,27+,28-,32+/m0/s1. The van der Waals surface area contributed by atoms with Gasteiger partial charge in [-0.15, -0.1) is 0 Å². The molecule has 0 saturated carbocycles. The van der Waals surface area contributed by atoms with E-state index in [1.165, 1.54) is 18.2 Å². The third-order valence-electron chi connectivity index (χ3n) is 7.93. The van der Waals surface area contributed by atoms with Gasteiger partial charge in [-0.3, -0.25) is 9.59 Å². The summed E-state index contributed by atoms with van der Waals surface area (Å²) < 4.78 is 11.1. The third kappa shape index (κ3) is 7.43. The van der Waals surface area contributed by atoms with Gasteiger partial charge in [0.05, 0.1) is 11.3 Å². The van der Waals surface area contributed by atoms with Crippen molar-refractivity contribution >= 4 is 35.0 Å². The van der Waals surface area contributed by atoms with Gasteiger partial charge in [0.25, 0.3) is 11.8 Å². The van der Waals surface area contributed by atoms with Crippen LogP contribution in [0.2, 0.25) is 0 Å². The molecule has 0 unspecified atom stereocenters. The van der Waals surface area contributed by atoms with Crippen molar-refractivity contribution in [3.05, 3.63) is 77.5 Å². The van der Waals surface area contributed by atoms with E-state index in [2.05, 4.69) is 32.5 Å². The Kier molecular flexibility index (Phi) is 10.1. The molecule has 5 atom stereocenters. The first kappa shape index (κ1) is 32.8. The zero-order valence-electron chi connectivity index (χ0n) is 25.4. The fourth-order valence-corrected chi connectivity index (χ4v) is 5.26.